The van der Waals surface area contributed by atoms with Crippen LogP contribution in [0.4, 0.5) is 0 Å². The van der Waals surface area contributed by atoms with Crippen LogP contribution in [0.5, 0.6) is 11.5 Å². The van der Waals surface area contributed by atoms with Gasteiger partial charge in [0.25, 0.3) is 0 Å². The lowest BCUT2D eigenvalue weighted by molar-refractivity contribution is 0.355. The zero-order chi connectivity index (χ0) is 12.5. The molecule has 0 aliphatic rings. The summed E-state index contributed by atoms with van der Waals surface area (Å²) < 4.78 is 10.4. The molecule has 0 saturated heterocycles. The van der Waals surface area contributed by atoms with Gasteiger partial charge in [0.2, 0.25) is 0 Å². The first-order valence-electron chi connectivity index (χ1n) is 5.91. The average Bonchev–Trinajstić information content (AvgIpc) is 2.38. The van der Waals surface area contributed by atoms with Crippen LogP contribution < -0.4 is 14.8 Å². The maximum absolute atomic E-state index is 5.25. The fourth-order valence-electron chi connectivity index (χ4n) is 1.51. The summed E-state index contributed by atoms with van der Waals surface area (Å²) in [5.74, 6) is 1.52. The molecule has 0 aliphatic carbocycles. The fourth-order valence-corrected chi connectivity index (χ4v) is 1.51. The predicted molar refractivity (Wildman–Crippen MR) is 71.7 cm³/mol. The molecule has 0 amide bonds. The van der Waals surface area contributed by atoms with Crippen LogP contribution in [0.2, 0.25) is 0 Å². The molecule has 0 atom stereocenters. The third-order valence-electron chi connectivity index (χ3n) is 2.41. The standard InChI is InChI=1S/C14H21NO2/c1-4-9-15-10-5-6-12-7-8-13(16-2)14(11-12)17-3/h5-8,11,15H,4,9-10H2,1-3H3. The van der Waals surface area contributed by atoms with Gasteiger partial charge >= 0.3 is 0 Å². The number of hydrogen-bond acceptors (Lipinski definition) is 3. The van der Waals surface area contributed by atoms with Crippen molar-refractivity contribution in [2.75, 3.05) is 27.3 Å². The van der Waals surface area contributed by atoms with Gasteiger partial charge in [-0.2, -0.15) is 0 Å². The van der Waals surface area contributed by atoms with Gasteiger partial charge in [0, 0.05) is 6.54 Å². The summed E-state index contributed by atoms with van der Waals surface area (Å²) in [6, 6.07) is 5.89. The van der Waals surface area contributed by atoms with Gasteiger partial charge in [-0.05, 0) is 30.7 Å². The van der Waals surface area contributed by atoms with E-state index in [1.807, 2.05) is 18.2 Å². The van der Waals surface area contributed by atoms with E-state index in [0.717, 1.165) is 36.6 Å². The van der Waals surface area contributed by atoms with Gasteiger partial charge in [-0.15, -0.1) is 0 Å². The number of rotatable bonds is 7. The Labute approximate surface area is 103 Å². The highest BCUT2D eigenvalue weighted by Gasteiger charge is 2.02. The first-order valence-corrected chi connectivity index (χ1v) is 5.91. The lowest BCUT2D eigenvalue weighted by Crippen LogP contribution is -2.13. The Morgan fingerprint density at radius 3 is 2.59 bits per heavy atom. The summed E-state index contributed by atoms with van der Waals surface area (Å²) in [7, 11) is 3.29. The zero-order valence-corrected chi connectivity index (χ0v) is 10.8. The normalized spacial score (nSPS) is 10.8. The quantitative estimate of drug-likeness (QED) is 0.737. The predicted octanol–water partition coefficient (Wildman–Crippen LogP) is 2.72. The first kappa shape index (κ1) is 13.6. The second kappa shape index (κ2) is 7.74. The largest absolute Gasteiger partial charge is 0.493 e. The summed E-state index contributed by atoms with van der Waals surface area (Å²) in [6.07, 6.45) is 5.34. The van der Waals surface area contributed by atoms with E-state index >= 15 is 0 Å². The molecular weight excluding hydrogens is 214 g/mol. The number of hydrogen-bond donors (Lipinski definition) is 1. The number of methoxy groups -OCH3 is 2. The summed E-state index contributed by atoms with van der Waals surface area (Å²) in [5.41, 5.74) is 1.11. The number of nitrogens with one attached hydrogen (secondary N) is 1. The Bertz CT molecular complexity index is 361. The Morgan fingerprint density at radius 1 is 1.18 bits per heavy atom. The lowest BCUT2D eigenvalue weighted by atomic mass is 10.2. The van der Waals surface area contributed by atoms with Crippen LogP contribution in [-0.4, -0.2) is 27.3 Å². The first-order chi connectivity index (χ1) is 8.31. The molecule has 0 heterocycles. The summed E-state index contributed by atoms with van der Waals surface area (Å²) in [6.45, 7) is 4.10. The van der Waals surface area contributed by atoms with Gasteiger partial charge < -0.3 is 14.8 Å². The highest BCUT2D eigenvalue weighted by atomic mass is 16.5. The molecule has 17 heavy (non-hydrogen) atoms. The van der Waals surface area contributed by atoms with E-state index in [9.17, 15) is 0 Å². The van der Waals surface area contributed by atoms with Gasteiger partial charge in [-0.3, -0.25) is 0 Å². The molecule has 0 aromatic heterocycles. The second-order valence-electron chi connectivity index (χ2n) is 3.72. The molecular formula is C14H21NO2. The monoisotopic (exact) mass is 235 g/mol. The van der Waals surface area contributed by atoms with Crippen LogP contribution in [-0.2, 0) is 0 Å². The molecule has 0 radical (unpaired) electrons. The Morgan fingerprint density at radius 2 is 1.94 bits per heavy atom. The molecule has 1 aromatic rings. The average molecular weight is 235 g/mol. The lowest BCUT2D eigenvalue weighted by Gasteiger charge is -2.07. The molecule has 0 bridgehead atoms. The van der Waals surface area contributed by atoms with E-state index in [1.54, 1.807) is 14.2 Å². The van der Waals surface area contributed by atoms with Crippen LogP contribution in [0.15, 0.2) is 24.3 Å². The topological polar surface area (TPSA) is 30.5 Å². The van der Waals surface area contributed by atoms with E-state index in [2.05, 4.69) is 24.4 Å². The van der Waals surface area contributed by atoms with E-state index in [4.69, 9.17) is 9.47 Å². The number of ether oxygens (including phenoxy) is 2. The molecule has 3 nitrogen and oxygen atoms in total. The molecule has 1 aromatic carbocycles. The van der Waals surface area contributed by atoms with Gasteiger partial charge in [-0.1, -0.05) is 25.1 Å². The zero-order valence-electron chi connectivity index (χ0n) is 10.8. The van der Waals surface area contributed by atoms with Crippen molar-refractivity contribution in [2.24, 2.45) is 0 Å². The minimum absolute atomic E-state index is 0.758. The summed E-state index contributed by atoms with van der Waals surface area (Å²) in [5, 5.41) is 3.31. The van der Waals surface area contributed by atoms with Gasteiger partial charge in [0.05, 0.1) is 14.2 Å². The molecule has 0 saturated carbocycles. The Hall–Kier alpha value is -1.48. The van der Waals surface area contributed by atoms with Gasteiger partial charge in [0.1, 0.15) is 0 Å². The van der Waals surface area contributed by atoms with Crippen molar-refractivity contribution in [1.82, 2.24) is 5.32 Å². The molecule has 3 heteroatoms. The van der Waals surface area contributed by atoms with Crippen LogP contribution in [0.25, 0.3) is 6.08 Å². The van der Waals surface area contributed by atoms with E-state index < -0.39 is 0 Å². The van der Waals surface area contributed by atoms with Crippen molar-refractivity contribution in [3.05, 3.63) is 29.8 Å². The van der Waals surface area contributed by atoms with Crippen LogP contribution in [0, 0.1) is 0 Å². The van der Waals surface area contributed by atoms with E-state index in [1.165, 1.54) is 0 Å². The van der Waals surface area contributed by atoms with Crippen molar-refractivity contribution >= 4 is 6.08 Å². The summed E-state index contributed by atoms with van der Waals surface area (Å²) >= 11 is 0. The van der Waals surface area contributed by atoms with Crippen LogP contribution >= 0.6 is 0 Å². The molecule has 1 rings (SSSR count). The van der Waals surface area contributed by atoms with Crippen LogP contribution in [0.1, 0.15) is 18.9 Å². The summed E-state index contributed by atoms with van der Waals surface area (Å²) in [4.78, 5) is 0. The van der Waals surface area contributed by atoms with Gasteiger partial charge in [0.15, 0.2) is 11.5 Å². The maximum Gasteiger partial charge on any atom is 0.161 e. The van der Waals surface area contributed by atoms with Crippen molar-refractivity contribution < 1.29 is 9.47 Å². The van der Waals surface area contributed by atoms with Crippen molar-refractivity contribution in [3.8, 4) is 11.5 Å². The van der Waals surface area contributed by atoms with E-state index in [-0.39, 0.29) is 0 Å². The van der Waals surface area contributed by atoms with Crippen molar-refractivity contribution in [1.29, 1.82) is 0 Å². The number of benzene rings is 1. The molecule has 0 spiro atoms. The highest BCUT2D eigenvalue weighted by molar-refractivity contribution is 5.55. The van der Waals surface area contributed by atoms with Crippen molar-refractivity contribution in [3.63, 3.8) is 0 Å². The Kier molecular flexibility index (Phi) is 6.18. The third kappa shape index (κ3) is 4.49. The van der Waals surface area contributed by atoms with Crippen LogP contribution in [0.3, 0.4) is 0 Å². The van der Waals surface area contributed by atoms with Crippen molar-refractivity contribution in [2.45, 2.75) is 13.3 Å². The third-order valence-corrected chi connectivity index (χ3v) is 2.41. The Balaban J connectivity index is 2.59. The highest BCUT2D eigenvalue weighted by Crippen LogP contribution is 2.27. The second-order valence-corrected chi connectivity index (χ2v) is 3.72. The molecule has 94 valence electrons. The smallest absolute Gasteiger partial charge is 0.161 e. The SMILES string of the molecule is CCCNCC=Cc1ccc(OC)c(OC)c1. The molecule has 1 N–H and O–H groups in total. The minimum Gasteiger partial charge on any atom is -0.493 e. The maximum atomic E-state index is 5.25. The minimum atomic E-state index is 0.758. The van der Waals surface area contributed by atoms with E-state index in [0.29, 0.717) is 0 Å². The fraction of sp³-hybridized carbons (Fsp3) is 0.429. The molecule has 0 aliphatic heterocycles. The molecule has 0 unspecified atom stereocenters. The van der Waals surface area contributed by atoms with Gasteiger partial charge in [-0.25, -0.2) is 0 Å². The molecule has 0 fully saturated rings.